The zero-order valence-corrected chi connectivity index (χ0v) is 17.8. The minimum atomic E-state index is -4.67. The predicted octanol–water partition coefficient (Wildman–Crippen LogP) is 5.64. The Morgan fingerprint density at radius 2 is 2.04 bits per heavy atom. The minimum absolute atomic E-state index is 0.0501. The summed E-state index contributed by atoms with van der Waals surface area (Å²) in [5.41, 5.74) is 0.139. The number of amides is 1. The smallest absolute Gasteiger partial charge is 0.325 e. The van der Waals surface area contributed by atoms with Crippen molar-refractivity contribution in [2.45, 2.75) is 38.4 Å². The Hall–Kier alpha value is -2.05. The molecule has 0 bridgehead atoms. The molecule has 28 heavy (non-hydrogen) atoms. The lowest BCUT2D eigenvalue weighted by atomic mass is 10.0. The molecule has 1 heterocycles. The maximum Gasteiger partial charge on any atom is 0.418 e. The Bertz CT molecular complexity index is 955. The van der Waals surface area contributed by atoms with E-state index >= 15 is 0 Å². The normalized spacial score (nSPS) is 11.2. The Kier molecular flexibility index (Phi) is 7.12. The van der Waals surface area contributed by atoms with Crippen molar-refractivity contribution in [2.75, 3.05) is 11.1 Å². The molecule has 0 fully saturated rings. The largest absolute Gasteiger partial charge is 0.418 e. The van der Waals surface area contributed by atoms with Gasteiger partial charge in [0.15, 0.2) is 0 Å². The van der Waals surface area contributed by atoms with E-state index in [1.165, 1.54) is 6.92 Å². The number of alkyl halides is 3. The topological polar surface area (TPSA) is 65.8 Å². The molecule has 1 aromatic heterocycles. The third kappa shape index (κ3) is 5.06. The van der Waals surface area contributed by atoms with Gasteiger partial charge in [-0.05, 0) is 49.6 Å². The van der Waals surface area contributed by atoms with Crippen LogP contribution in [0.1, 0.15) is 34.9 Å². The van der Waals surface area contributed by atoms with E-state index in [9.17, 15) is 23.2 Å². The first-order valence-corrected chi connectivity index (χ1v) is 10.1. The standard InChI is InChI=1S/C19H17BrF3N3OS/c1-4-14-11(3)17(19(21,22)23)13(8-24)18(26-14)28-9-16(27)25-15-6-5-12(20)7-10(15)2/h5-7H,4,9H2,1-3H3,(H,25,27). The van der Waals surface area contributed by atoms with Crippen LogP contribution in [0.25, 0.3) is 0 Å². The SMILES string of the molecule is CCc1nc(SCC(=O)Nc2ccc(Br)cc2C)c(C#N)c(C(F)(F)F)c1C. The second kappa shape index (κ2) is 8.97. The molecule has 2 rings (SSSR count). The molecular weight excluding hydrogens is 455 g/mol. The van der Waals surface area contributed by atoms with Crippen molar-refractivity contribution < 1.29 is 18.0 Å². The number of rotatable bonds is 5. The maximum atomic E-state index is 13.5. The van der Waals surface area contributed by atoms with Gasteiger partial charge in [-0.2, -0.15) is 18.4 Å². The summed E-state index contributed by atoms with van der Waals surface area (Å²) in [6.45, 7) is 4.83. The number of anilines is 1. The van der Waals surface area contributed by atoms with E-state index in [1.54, 1.807) is 25.1 Å². The van der Waals surface area contributed by atoms with Gasteiger partial charge >= 0.3 is 6.18 Å². The number of halogens is 4. The van der Waals surface area contributed by atoms with Crippen LogP contribution in [0.4, 0.5) is 18.9 Å². The van der Waals surface area contributed by atoms with Gasteiger partial charge in [0.25, 0.3) is 0 Å². The van der Waals surface area contributed by atoms with E-state index in [-0.39, 0.29) is 22.0 Å². The lowest BCUT2D eigenvalue weighted by molar-refractivity contribution is -0.138. The summed E-state index contributed by atoms with van der Waals surface area (Å²) in [7, 11) is 0. The van der Waals surface area contributed by atoms with Crippen LogP contribution in [0, 0.1) is 25.2 Å². The van der Waals surface area contributed by atoms with E-state index in [0.29, 0.717) is 12.1 Å². The van der Waals surface area contributed by atoms with E-state index in [0.717, 1.165) is 21.8 Å². The molecule has 148 valence electrons. The van der Waals surface area contributed by atoms with Gasteiger partial charge in [-0.15, -0.1) is 0 Å². The number of carbonyl (C=O) groups is 1. The number of benzene rings is 1. The van der Waals surface area contributed by atoms with E-state index in [1.807, 2.05) is 13.0 Å². The highest BCUT2D eigenvalue weighted by atomic mass is 79.9. The van der Waals surface area contributed by atoms with E-state index in [2.05, 4.69) is 26.2 Å². The lowest BCUT2D eigenvalue weighted by Crippen LogP contribution is -2.17. The van der Waals surface area contributed by atoms with E-state index in [4.69, 9.17) is 0 Å². The molecule has 0 atom stereocenters. The molecule has 2 aromatic rings. The molecule has 0 aliphatic rings. The van der Waals surface area contributed by atoms with Crippen molar-refractivity contribution in [3.05, 3.63) is 50.6 Å². The second-order valence-corrected chi connectivity index (χ2v) is 7.88. The summed E-state index contributed by atoms with van der Waals surface area (Å²) in [4.78, 5) is 16.4. The summed E-state index contributed by atoms with van der Waals surface area (Å²) in [6, 6.07) is 6.94. The zero-order chi connectivity index (χ0) is 21.1. The van der Waals surface area contributed by atoms with Gasteiger partial charge in [0.1, 0.15) is 11.1 Å². The van der Waals surface area contributed by atoms with Gasteiger partial charge in [-0.25, -0.2) is 4.98 Å². The van der Waals surface area contributed by atoms with Gasteiger partial charge in [0.05, 0.1) is 16.9 Å². The molecule has 0 spiro atoms. The minimum Gasteiger partial charge on any atom is -0.325 e. The van der Waals surface area contributed by atoms with Gasteiger partial charge in [-0.3, -0.25) is 4.79 Å². The Morgan fingerprint density at radius 3 is 2.57 bits per heavy atom. The Morgan fingerprint density at radius 1 is 1.36 bits per heavy atom. The van der Waals surface area contributed by atoms with Crippen LogP contribution in [-0.2, 0) is 17.4 Å². The molecule has 0 saturated heterocycles. The first-order valence-electron chi connectivity index (χ1n) is 8.28. The highest BCUT2D eigenvalue weighted by Crippen LogP contribution is 2.38. The highest BCUT2D eigenvalue weighted by Gasteiger charge is 2.38. The second-order valence-electron chi connectivity index (χ2n) is 6.00. The fraction of sp³-hybridized carbons (Fsp3) is 0.316. The van der Waals surface area contributed by atoms with Crippen LogP contribution >= 0.6 is 27.7 Å². The van der Waals surface area contributed by atoms with Gasteiger partial charge < -0.3 is 5.32 Å². The van der Waals surface area contributed by atoms with Crippen molar-refractivity contribution in [1.29, 1.82) is 5.26 Å². The molecule has 1 N–H and O–H groups in total. The number of hydrogen-bond donors (Lipinski definition) is 1. The van der Waals surface area contributed by atoms with Crippen LogP contribution in [0.15, 0.2) is 27.7 Å². The fourth-order valence-corrected chi connectivity index (χ4v) is 3.98. The first-order chi connectivity index (χ1) is 13.1. The number of pyridine rings is 1. The van der Waals surface area contributed by atoms with Crippen LogP contribution in [0.2, 0.25) is 0 Å². The van der Waals surface area contributed by atoms with E-state index < -0.39 is 23.2 Å². The average Bonchev–Trinajstić information content (AvgIpc) is 2.61. The monoisotopic (exact) mass is 471 g/mol. The van der Waals surface area contributed by atoms with Gasteiger partial charge in [0, 0.05) is 15.9 Å². The van der Waals surface area contributed by atoms with Gasteiger partial charge in [-0.1, -0.05) is 34.6 Å². The zero-order valence-electron chi connectivity index (χ0n) is 15.4. The quantitative estimate of drug-likeness (QED) is 0.572. The van der Waals surface area contributed by atoms with Crippen molar-refractivity contribution in [1.82, 2.24) is 4.98 Å². The molecule has 0 radical (unpaired) electrons. The maximum absolute atomic E-state index is 13.5. The Balaban J connectivity index is 2.28. The number of carbonyl (C=O) groups excluding carboxylic acids is 1. The summed E-state index contributed by atoms with van der Waals surface area (Å²) >= 11 is 4.16. The number of nitrogens with one attached hydrogen (secondary N) is 1. The van der Waals surface area contributed by atoms with Crippen LogP contribution in [0.3, 0.4) is 0 Å². The Labute approximate surface area is 173 Å². The van der Waals surface area contributed by atoms with Crippen molar-refractivity contribution in [2.24, 2.45) is 0 Å². The molecule has 4 nitrogen and oxygen atoms in total. The number of nitrogens with zero attached hydrogens (tertiary/aromatic N) is 2. The van der Waals surface area contributed by atoms with Crippen molar-refractivity contribution >= 4 is 39.3 Å². The highest BCUT2D eigenvalue weighted by molar-refractivity contribution is 9.10. The third-order valence-corrected chi connectivity index (χ3v) is 5.51. The summed E-state index contributed by atoms with van der Waals surface area (Å²) < 4.78 is 41.3. The number of nitriles is 1. The van der Waals surface area contributed by atoms with Crippen LogP contribution < -0.4 is 5.32 Å². The number of hydrogen-bond acceptors (Lipinski definition) is 4. The summed E-state index contributed by atoms with van der Waals surface area (Å²) in [5.74, 6) is -0.561. The molecular formula is C19H17BrF3N3OS. The molecule has 9 heteroatoms. The fourth-order valence-electron chi connectivity index (χ4n) is 2.70. The molecule has 0 unspecified atom stereocenters. The lowest BCUT2D eigenvalue weighted by Gasteiger charge is -2.17. The third-order valence-electron chi connectivity index (χ3n) is 4.04. The van der Waals surface area contributed by atoms with Crippen LogP contribution in [0.5, 0.6) is 0 Å². The van der Waals surface area contributed by atoms with Crippen molar-refractivity contribution in [3.63, 3.8) is 0 Å². The molecule has 0 aliphatic carbocycles. The average molecular weight is 472 g/mol. The number of aromatic nitrogens is 1. The molecule has 0 saturated carbocycles. The molecule has 0 aliphatic heterocycles. The van der Waals surface area contributed by atoms with Crippen LogP contribution in [-0.4, -0.2) is 16.6 Å². The number of thioether (sulfide) groups is 1. The molecule has 1 amide bonds. The predicted molar refractivity (Wildman–Crippen MR) is 106 cm³/mol. The molecule has 1 aromatic carbocycles. The number of aryl methyl sites for hydroxylation is 2. The van der Waals surface area contributed by atoms with Gasteiger partial charge in [0.2, 0.25) is 5.91 Å². The summed E-state index contributed by atoms with van der Waals surface area (Å²) in [6.07, 6.45) is -4.38. The summed E-state index contributed by atoms with van der Waals surface area (Å²) in [5, 5.41) is 11.9. The van der Waals surface area contributed by atoms with Crippen molar-refractivity contribution in [3.8, 4) is 6.07 Å². The first kappa shape index (κ1) is 22.2.